The second-order valence-corrected chi connectivity index (χ2v) is 4.38. The molecule has 2 rings (SSSR count). The van der Waals surface area contributed by atoms with Gasteiger partial charge in [-0.3, -0.25) is 9.78 Å². The SMILES string of the molecule is Cc1ccccc1C(C)NC(=O)c1cncc(N)n1. The number of benzene rings is 1. The van der Waals surface area contributed by atoms with Crippen molar-refractivity contribution in [3.63, 3.8) is 0 Å². The van der Waals surface area contributed by atoms with Gasteiger partial charge in [0.15, 0.2) is 0 Å². The maximum absolute atomic E-state index is 12.0. The van der Waals surface area contributed by atoms with E-state index in [1.165, 1.54) is 12.4 Å². The summed E-state index contributed by atoms with van der Waals surface area (Å²) < 4.78 is 0. The lowest BCUT2D eigenvalue weighted by molar-refractivity contribution is 0.0934. The number of anilines is 1. The molecule has 1 aromatic heterocycles. The Kier molecular flexibility index (Phi) is 3.75. The maximum Gasteiger partial charge on any atom is 0.272 e. The van der Waals surface area contributed by atoms with Crippen molar-refractivity contribution in [2.75, 3.05) is 5.73 Å². The molecule has 0 spiro atoms. The first-order valence-electron chi connectivity index (χ1n) is 6.02. The normalized spacial score (nSPS) is 11.9. The molecule has 0 aliphatic heterocycles. The van der Waals surface area contributed by atoms with E-state index in [-0.39, 0.29) is 23.5 Å². The molecular formula is C14H16N4O. The van der Waals surface area contributed by atoms with Gasteiger partial charge in [-0.05, 0) is 25.0 Å². The van der Waals surface area contributed by atoms with Crippen molar-refractivity contribution in [2.45, 2.75) is 19.9 Å². The quantitative estimate of drug-likeness (QED) is 0.878. The molecule has 5 heteroatoms. The predicted octanol–water partition coefficient (Wildman–Crippen LogP) is 1.86. The topological polar surface area (TPSA) is 80.9 Å². The van der Waals surface area contributed by atoms with E-state index in [0.717, 1.165) is 11.1 Å². The van der Waals surface area contributed by atoms with Gasteiger partial charge in [-0.15, -0.1) is 0 Å². The highest BCUT2D eigenvalue weighted by molar-refractivity contribution is 5.92. The molecule has 0 aliphatic rings. The van der Waals surface area contributed by atoms with E-state index in [4.69, 9.17) is 5.73 Å². The zero-order chi connectivity index (χ0) is 13.8. The molecule has 0 saturated carbocycles. The van der Waals surface area contributed by atoms with Gasteiger partial charge in [0, 0.05) is 0 Å². The molecule has 1 atom stereocenters. The van der Waals surface area contributed by atoms with E-state index in [2.05, 4.69) is 15.3 Å². The van der Waals surface area contributed by atoms with Crippen molar-refractivity contribution >= 4 is 11.7 Å². The van der Waals surface area contributed by atoms with Crippen LogP contribution < -0.4 is 11.1 Å². The molecule has 19 heavy (non-hydrogen) atoms. The zero-order valence-corrected chi connectivity index (χ0v) is 10.9. The van der Waals surface area contributed by atoms with Gasteiger partial charge in [0.1, 0.15) is 11.5 Å². The summed E-state index contributed by atoms with van der Waals surface area (Å²) in [6, 6.07) is 7.82. The summed E-state index contributed by atoms with van der Waals surface area (Å²) in [7, 11) is 0. The van der Waals surface area contributed by atoms with Gasteiger partial charge in [0.05, 0.1) is 18.4 Å². The molecule has 0 aliphatic carbocycles. The largest absolute Gasteiger partial charge is 0.382 e. The Morgan fingerprint density at radius 2 is 2.05 bits per heavy atom. The van der Waals surface area contributed by atoms with E-state index in [0.29, 0.717) is 0 Å². The molecule has 2 aromatic rings. The summed E-state index contributed by atoms with van der Waals surface area (Å²) in [5.41, 5.74) is 7.94. The van der Waals surface area contributed by atoms with Gasteiger partial charge in [0.25, 0.3) is 5.91 Å². The number of aromatic nitrogens is 2. The Balaban J connectivity index is 2.13. The van der Waals surface area contributed by atoms with Crippen molar-refractivity contribution in [1.82, 2.24) is 15.3 Å². The number of rotatable bonds is 3. The summed E-state index contributed by atoms with van der Waals surface area (Å²) >= 11 is 0. The molecule has 1 heterocycles. The van der Waals surface area contributed by atoms with Gasteiger partial charge in [-0.1, -0.05) is 24.3 Å². The standard InChI is InChI=1S/C14H16N4O/c1-9-5-3-4-6-11(9)10(2)17-14(19)12-7-16-8-13(15)18-12/h3-8,10H,1-2H3,(H2,15,18)(H,17,19). The molecule has 1 aromatic carbocycles. The second kappa shape index (κ2) is 5.48. The molecular weight excluding hydrogens is 240 g/mol. The zero-order valence-electron chi connectivity index (χ0n) is 10.9. The Bertz CT molecular complexity index is 598. The van der Waals surface area contributed by atoms with E-state index in [9.17, 15) is 4.79 Å². The lowest BCUT2D eigenvalue weighted by Gasteiger charge is -2.16. The number of carbonyl (C=O) groups excluding carboxylic acids is 1. The Morgan fingerprint density at radius 3 is 2.74 bits per heavy atom. The first-order valence-corrected chi connectivity index (χ1v) is 6.02. The Morgan fingerprint density at radius 1 is 1.32 bits per heavy atom. The van der Waals surface area contributed by atoms with Crippen LogP contribution >= 0.6 is 0 Å². The van der Waals surface area contributed by atoms with Gasteiger partial charge in [0.2, 0.25) is 0 Å². The fourth-order valence-electron chi connectivity index (χ4n) is 1.91. The average molecular weight is 256 g/mol. The van der Waals surface area contributed by atoms with Crippen LogP contribution in [0.15, 0.2) is 36.7 Å². The van der Waals surface area contributed by atoms with Crippen LogP contribution in [0.5, 0.6) is 0 Å². The van der Waals surface area contributed by atoms with Gasteiger partial charge in [-0.25, -0.2) is 4.98 Å². The number of hydrogen-bond acceptors (Lipinski definition) is 4. The van der Waals surface area contributed by atoms with Crippen molar-refractivity contribution in [2.24, 2.45) is 0 Å². The summed E-state index contributed by atoms with van der Waals surface area (Å²) in [6.45, 7) is 3.94. The Hall–Kier alpha value is -2.43. The first-order chi connectivity index (χ1) is 9.08. The van der Waals surface area contributed by atoms with Gasteiger partial charge in [-0.2, -0.15) is 0 Å². The first kappa shape index (κ1) is 13.0. The summed E-state index contributed by atoms with van der Waals surface area (Å²) in [4.78, 5) is 19.8. The lowest BCUT2D eigenvalue weighted by Crippen LogP contribution is -2.28. The van der Waals surface area contributed by atoms with Crippen LogP contribution in [0.25, 0.3) is 0 Å². The molecule has 0 bridgehead atoms. The number of nitrogen functional groups attached to an aromatic ring is 1. The third kappa shape index (κ3) is 3.07. The minimum Gasteiger partial charge on any atom is -0.382 e. The molecule has 1 unspecified atom stereocenters. The molecule has 0 fully saturated rings. The number of aryl methyl sites for hydroxylation is 1. The van der Waals surface area contributed by atoms with Gasteiger partial charge < -0.3 is 11.1 Å². The number of nitrogens with zero attached hydrogens (tertiary/aromatic N) is 2. The van der Waals surface area contributed by atoms with Crippen LogP contribution in [0.4, 0.5) is 5.82 Å². The fraction of sp³-hybridized carbons (Fsp3) is 0.214. The minimum absolute atomic E-state index is 0.100. The summed E-state index contributed by atoms with van der Waals surface area (Å²) in [5.74, 6) is -0.0493. The van der Waals surface area contributed by atoms with Crippen molar-refractivity contribution < 1.29 is 4.79 Å². The highest BCUT2D eigenvalue weighted by Crippen LogP contribution is 2.16. The van der Waals surface area contributed by atoms with Crippen LogP contribution in [-0.2, 0) is 0 Å². The number of amides is 1. The maximum atomic E-state index is 12.0. The van der Waals surface area contributed by atoms with E-state index < -0.39 is 0 Å². The van der Waals surface area contributed by atoms with Gasteiger partial charge >= 0.3 is 0 Å². The number of hydrogen-bond donors (Lipinski definition) is 2. The third-order valence-electron chi connectivity index (χ3n) is 2.89. The van der Waals surface area contributed by atoms with Crippen molar-refractivity contribution in [1.29, 1.82) is 0 Å². The predicted molar refractivity (Wildman–Crippen MR) is 73.5 cm³/mol. The van der Waals surface area contributed by atoms with Crippen LogP contribution in [0, 0.1) is 6.92 Å². The summed E-state index contributed by atoms with van der Waals surface area (Å²) in [5, 5.41) is 2.88. The van der Waals surface area contributed by atoms with Crippen LogP contribution in [-0.4, -0.2) is 15.9 Å². The average Bonchev–Trinajstić information content (AvgIpc) is 2.39. The summed E-state index contributed by atoms with van der Waals surface area (Å²) in [6.07, 6.45) is 2.80. The molecule has 1 amide bonds. The fourth-order valence-corrected chi connectivity index (χ4v) is 1.91. The van der Waals surface area contributed by atoms with E-state index in [1.54, 1.807) is 0 Å². The second-order valence-electron chi connectivity index (χ2n) is 4.38. The molecule has 0 radical (unpaired) electrons. The third-order valence-corrected chi connectivity index (χ3v) is 2.89. The van der Waals surface area contributed by atoms with E-state index in [1.807, 2.05) is 38.1 Å². The van der Waals surface area contributed by atoms with Crippen molar-refractivity contribution in [3.8, 4) is 0 Å². The minimum atomic E-state index is -0.282. The number of nitrogens with two attached hydrogens (primary N) is 1. The monoisotopic (exact) mass is 256 g/mol. The van der Waals surface area contributed by atoms with Crippen molar-refractivity contribution in [3.05, 3.63) is 53.5 Å². The van der Waals surface area contributed by atoms with E-state index >= 15 is 0 Å². The molecule has 3 N–H and O–H groups in total. The highest BCUT2D eigenvalue weighted by Gasteiger charge is 2.14. The van der Waals surface area contributed by atoms with Crippen LogP contribution in [0.3, 0.4) is 0 Å². The smallest absolute Gasteiger partial charge is 0.272 e. The molecule has 0 saturated heterocycles. The van der Waals surface area contributed by atoms with Crippen LogP contribution in [0.2, 0.25) is 0 Å². The number of carbonyl (C=O) groups is 1. The molecule has 5 nitrogen and oxygen atoms in total. The Labute approximate surface area is 111 Å². The highest BCUT2D eigenvalue weighted by atomic mass is 16.1. The lowest BCUT2D eigenvalue weighted by atomic mass is 10.0. The van der Waals surface area contributed by atoms with Crippen LogP contribution in [0.1, 0.15) is 34.6 Å². The molecule has 98 valence electrons. The number of nitrogens with one attached hydrogen (secondary N) is 1.